The first-order valence-corrected chi connectivity index (χ1v) is 7.49. The van der Waals surface area contributed by atoms with Gasteiger partial charge in [0.1, 0.15) is 17.1 Å². The fourth-order valence-corrected chi connectivity index (χ4v) is 2.86. The van der Waals surface area contributed by atoms with E-state index in [1.54, 1.807) is 32.5 Å². The zero-order valence-electron chi connectivity index (χ0n) is 13.5. The number of pyridine rings is 1. The van der Waals surface area contributed by atoms with Gasteiger partial charge in [0, 0.05) is 29.9 Å². The zero-order chi connectivity index (χ0) is 17.1. The van der Waals surface area contributed by atoms with Crippen LogP contribution in [0.25, 0.3) is 5.65 Å². The van der Waals surface area contributed by atoms with Crippen molar-refractivity contribution in [1.82, 2.24) is 9.38 Å². The average molecular weight is 326 g/mol. The quantitative estimate of drug-likeness (QED) is 0.754. The van der Waals surface area contributed by atoms with Crippen molar-refractivity contribution in [3.05, 3.63) is 60.0 Å². The number of aromatic nitrogens is 2. The van der Waals surface area contributed by atoms with Crippen LogP contribution in [0.4, 0.5) is 0 Å². The van der Waals surface area contributed by atoms with Crippen molar-refractivity contribution < 1.29 is 19.4 Å². The Balaban J connectivity index is 2.15. The molecular weight excluding hydrogens is 308 g/mol. The number of carboxylic acids is 1. The second kappa shape index (κ2) is 6.62. The molecule has 0 radical (unpaired) electrons. The molecule has 1 aromatic carbocycles. The van der Waals surface area contributed by atoms with E-state index >= 15 is 0 Å². The van der Waals surface area contributed by atoms with Crippen LogP contribution in [-0.2, 0) is 4.79 Å². The summed E-state index contributed by atoms with van der Waals surface area (Å²) in [7, 11) is 3.14. The second-order valence-electron chi connectivity index (χ2n) is 5.37. The Kier molecular flexibility index (Phi) is 4.37. The molecule has 1 atom stereocenters. The molecule has 0 saturated heterocycles. The van der Waals surface area contributed by atoms with Gasteiger partial charge in [-0.3, -0.25) is 4.79 Å². The number of carboxylic acid groups (broad SMARTS) is 1. The average Bonchev–Trinajstić information content (AvgIpc) is 3.03. The molecule has 0 amide bonds. The Bertz CT molecular complexity index is 872. The molecule has 2 heterocycles. The number of ether oxygens (including phenoxy) is 2. The third kappa shape index (κ3) is 2.90. The summed E-state index contributed by atoms with van der Waals surface area (Å²) in [6, 6.07) is 11.1. The number of benzene rings is 1. The van der Waals surface area contributed by atoms with E-state index in [1.807, 2.05) is 34.9 Å². The molecule has 24 heavy (non-hydrogen) atoms. The third-order valence-electron chi connectivity index (χ3n) is 4.00. The van der Waals surface area contributed by atoms with Gasteiger partial charge in [-0.15, -0.1) is 0 Å². The van der Waals surface area contributed by atoms with E-state index in [0.717, 1.165) is 16.9 Å². The summed E-state index contributed by atoms with van der Waals surface area (Å²) >= 11 is 0. The van der Waals surface area contributed by atoms with Crippen LogP contribution >= 0.6 is 0 Å². The van der Waals surface area contributed by atoms with Crippen LogP contribution in [0.1, 0.15) is 23.6 Å². The van der Waals surface area contributed by atoms with Gasteiger partial charge in [0.25, 0.3) is 0 Å². The van der Waals surface area contributed by atoms with E-state index in [4.69, 9.17) is 9.47 Å². The number of nitrogens with zero attached hydrogens (tertiary/aromatic N) is 2. The number of methoxy groups -OCH3 is 2. The maximum atomic E-state index is 11.4. The molecule has 2 aromatic heterocycles. The summed E-state index contributed by atoms with van der Waals surface area (Å²) in [6.45, 7) is 0. The molecule has 0 fully saturated rings. The number of hydrogen-bond acceptors (Lipinski definition) is 4. The molecule has 0 saturated carbocycles. The summed E-state index contributed by atoms with van der Waals surface area (Å²) in [5.74, 6) is -0.0289. The highest BCUT2D eigenvalue weighted by Gasteiger charge is 2.24. The molecule has 0 spiro atoms. The predicted molar refractivity (Wildman–Crippen MR) is 88.8 cm³/mol. The number of aliphatic carboxylic acids is 1. The Morgan fingerprint density at radius 3 is 2.79 bits per heavy atom. The molecule has 0 aliphatic heterocycles. The van der Waals surface area contributed by atoms with Crippen molar-refractivity contribution in [3.8, 4) is 11.5 Å². The van der Waals surface area contributed by atoms with Crippen LogP contribution < -0.4 is 9.47 Å². The SMILES string of the molecule is COc1ccc(C(CC(=O)O)c2cnc3ccccn23)c(OC)c1. The first kappa shape index (κ1) is 15.9. The highest BCUT2D eigenvalue weighted by molar-refractivity contribution is 5.69. The predicted octanol–water partition coefficient (Wildman–Crippen LogP) is 2.96. The minimum absolute atomic E-state index is 0.0641. The van der Waals surface area contributed by atoms with Gasteiger partial charge in [-0.2, -0.15) is 0 Å². The largest absolute Gasteiger partial charge is 0.497 e. The maximum Gasteiger partial charge on any atom is 0.304 e. The van der Waals surface area contributed by atoms with Gasteiger partial charge in [-0.1, -0.05) is 12.1 Å². The summed E-state index contributed by atoms with van der Waals surface area (Å²) in [5, 5.41) is 9.39. The van der Waals surface area contributed by atoms with Gasteiger partial charge in [0.15, 0.2) is 0 Å². The lowest BCUT2D eigenvalue weighted by Crippen LogP contribution is -2.11. The lowest BCUT2D eigenvalue weighted by Gasteiger charge is -2.19. The van der Waals surface area contributed by atoms with Gasteiger partial charge in [-0.25, -0.2) is 4.98 Å². The Labute approximate surface area is 139 Å². The van der Waals surface area contributed by atoms with Crippen molar-refractivity contribution in [3.63, 3.8) is 0 Å². The number of fused-ring (bicyclic) bond motifs is 1. The molecule has 0 bridgehead atoms. The van der Waals surface area contributed by atoms with Crippen LogP contribution in [0.3, 0.4) is 0 Å². The lowest BCUT2D eigenvalue weighted by molar-refractivity contribution is -0.137. The van der Waals surface area contributed by atoms with Crippen LogP contribution in [0.15, 0.2) is 48.8 Å². The van der Waals surface area contributed by atoms with Crippen LogP contribution in [0.5, 0.6) is 11.5 Å². The fourth-order valence-electron chi connectivity index (χ4n) is 2.86. The van der Waals surface area contributed by atoms with Gasteiger partial charge >= 0.3 is 5.97 Å². The third-order valence-corrected chi connectivity index (χ3v) is 4.00. The molecule has 124 valence electrons. The Morgan fingerprint density at radius 1 is 1.25 bits per heavy atom. The normalized spacial score (nSPS) is 12.1. The number of carbonyl (C=O) groups is 1. The molecule has 0 aliphatic rings. The summed E-state index contributed by atoms with van der Waals surface area (Å²) in [6.07, 6.45) is 3.53. The number of imidazole rings is 1. The van der Waals surface area contributed by atoms with Crippen molar-refractivity contribution in [1.29, 1.82) is 0 Å². The van der Waals surface area contributed by atoms with Crippen molar-refractivity contribution in [2.45, 2.75) is 12.3 Å². The standard InChI is InChI=1S/C18H18N2O4/c1-23-12-6-7-13(16(9-12)24-2)14(10-18(21)22)15-11-19-17-5-3-4-8-20(15)17/h3-9,11,14H,10H2,1-2H3,(H,21,22). The molecule has 6 heteroatoms. The smallest absolute Gasteiger partial charge is 0.304 e. The van der Waals surface area contributed by atoms with E-state index in [0.29, 0.717) is 11.5 Å². The van der Waals surface area contributed by atoms with Crippen molar-refractivity contribution in [2.75, 3.05) is 14.2 Å². The Hall–Kier alpha value is -3.02. The molecule has 3 rings (SSSR count). The van der Waals surface area contributed by atoms with E-state index in [1.165, 1.54) is 0 Å². The molecule has 1 N–H and O–H groups in total. The van der Waals surface area contributed by atoms with Gasteiger partial charge in [0.2, 0.25) is 0 Å². The van der Waals surface area contributed by atoms with Gasteiger partial charge in [0.05, 0.1) is 26.3 Å². The summed E-state index contributed by atoms with van der Waals surface area (Å²) in [4.78, 5) is 15.8. The van der Waals surface area contributed by atoms with Gasteiger partial charge in [-0.05, 0) is 18.2 Å². The number of hydrogen-bond donors (Lipinski definition) is 1. The molecule has 3 aromatic rings. The summed E-state index contributed by atoms with van der Waals surface area (Å²) in [5.41, 5.74) is 2.36. The topological polar surface area (TPSA) is 73.1 Å². The molecular formula is C18H18N2O4. The maximum absolute atomic E-state index is 11.4. The van der Waals surface area contributed by atoms with Crippen LogP contribution in [-0.4, -0.2) is 34.7 Å². The number of rotatable bonds is 6. The zero-order valence-corrected chi connectivity index (χ0v) is 13.5. The Morgan fingerprint density at radius 2 is 2.08 bits per heavy atom. The molecule has 1 unspecified atom stereocenters. The van der Waals surface area contributed by atoms with E-state index in [-0.39, 0.29) is 12.3 Å². The monoisotopic (exact) mass is 326 g/mol. The first-order valence-electron chi connectivity index (χ1n) is 7.49. The van der Waals surface area contributed by atoms with E-state index in [2.05, 4.69) is 4.98 Å². The minimum atomic E-state index is -0.885. The van der Waals surface area contributed by atoms with Crippen LogP contribution in [0.2, 0.25) is 0 Å². The fraction of sp³-hybridized carbons (Fsp3) is 0.222. The highest BCUT2D eigenvalue weighted by Crippen LogP contribution is 2.36. The van der Waals surface area contributed by atoms with E-state index in [9.17, 15) is 9.90 Å². The van der Waals surface area contributed by atoms with Crippen LogP contribution in [0, 0.1) is 0 Å². The molecule has 6 nitrogen and oxygen atoms in total. The van der Waals surface area contributed by atoms with E-state index < -0.39 is 5.97 Å². The van der Waals surface area contributed by atoms with Gasteiger partial charge < -0.3 is 19.0 Å². The minimum Gasteiger partial charge on any atom is -0.497 e. The lowest BCUT2D eigenvalue weighted by atomic mass is 9.91. The first-order chi connectivity index (χ1) is 11.6. The molecule has 0 aliphatic carbocycles. The highest BCUT2D eigenvalue weighted by atomic mass is 16.5. The van der Waals surface area contributed by atoms with Crippen molar-refractivity contribution in [2.24, 2.45) is 0 Å². The second-order valence-corrected chi connectivity index (χ2v) is 5.37. The van der Waals surface area contributed by atoms with Crippen molar-refractivity contribution >= 4 is 11.6 Å². The summed E-state index contributed by atoms with van der Waals surface area (Å²) < 4.78 is 12.6.